The number of benzene rings is 19. The van der Waals surface area contributed by atoms with Crippen LogP contribution in [0.1, 0.15) is 69.1 Å². The van der Waals surface area contributed by atoms with E-state index < -0.39 is 17.5 Å². The van der Waals surface area contributed by atoms with E-state index in [1.165, 1.54) is 0 Å². The van der Waals surface area contributed by atoms with Gasteiger partial charge in [0.2, 0.25) is 0 Å². The minimum atomic E-state index is -0.810. The van der Waals surface area contributed by atoms with Crippen LogP contribution in [0.3, 0.4) is 0 Å². The summed E-state index contributed by atoms with van der Waals surface area (Å²) in [5, 5.41) is 4.56. The Hall–Kier alpha value is -15.8. The Morgan fingerprint density at radius 2 is 0.508 bits per heavy atom. The number of hydrogen-bond acceptors (Lipinski definition) is 2. The maximum absolute atomic E-state index is 10.8. The molecule has 604 valence electrons. The molecule has 0 fully saturated rings. The number of nitrogens with zero attached hydrogens (tertiary/aromatic N) is 5. The van der Waals surface area contributed by atoms with Gasteiger partial charge in [-0.05, 0) is 214 Å². The van der Waals surface area contributed by atoms with Gasteiger partial charge in [-0.1, -0.05) is 357 Å². The first kappa shape index (κ1) is 63.2. The van der Waals surface area contributed by atoms with Gasteiger partial charge in [0.25, 0.3) is 6.71 Å². The summed E-state index contributed by atoms with van der Waals surface area (Å²) in [4.78, 5) is 5.03. The highest BCUT2D eigenvalue weighted by atomic mass is 15.2. The van der Waals surface area contributed by atoms with Crippen LogP contribution < -0.4 is 26.2 Å². The van der Waals surface area contributed by atoms with Crippen LogP contribution >= 0.6 is 0 Å². The van der Waals surface area contributed by atoms with Crippen molar-refractivity contribution < 1.29 is 16.4 Å². The fourth-order valence-corrected chi connectivity index (χ4v) is 20.4. The van der Waals surface area contributed by atoms with Gasteiger partial charge in [0.05, 0.1) is 77.8 Å². The Morgan fingerprint density at radius 3 is 0.789 bits per heavy atom. The summed E-state index contributed by atoms with van der Waals surface area (Å²) in [6.07, 6.45) is 0. The molecule has 0 saturated carbocycles. The van der Waals surface area contributed by atoms with Crippen LogP contribution in [-0.2, 0) is 10.8 Å². The number of hydrogen-bond donors (Lipinski definition) is 0. The summed E-state index contributed by atoms with van der Waals surface area (Å²) in [5.74, 6) is 0. The van der Waals surface area contributed by atoms with Crippen molar-refractivity contribution in [1.82, 2.24) is 13.5 Å². The van der Waals surface area contributed by atoms with E-state index in [2.05, 4.69) is 274 Å². The summed E-state index contributed by atoms with van der Waals surface area (Å²) in [5.41, 5.74) is 22.9. The standard InChI is InChI=1S/C122H88BN5/c1-121(2,3)89-71-95(81-43-23-11-24-44-81)116(96(72-89)82-45-25-12-26-46-82)127-111-75-91(124-107-63-55-85(77-35-15-7-16-36-77)67-99(107)100-68-86(56-64-108(100)124)78-37-17-8-18-38-78)59-61-103(111)123-104-62-60-92(125-109-65-57-87(79-39-19-9-20-40-79)69-101(109)102-70-88(58-66-110(102)125)80-41-21-10-22-42-80)76-112(104)128(117-97(83-47-27-13-28-48-83)73-90(122(4,5)6)74-98(117)84-49-29-14-30-50-84)120-114-94-52-32-34-54-106(94)126-105-53-33-31-51-93(105)113(118(114)126)119(127)115(120)123/h7-76H,1-6H3/i55D,56D,57D,58D,63D,64D,65D,66D,67D,68D,69D,70D. The normalized spacial score (nSPS) is 14.0. The maximum atomic E-state index is 10.8. The Bertz CT molecular complexity index is 8330. The molecule has 23 aromatic rings. The highest BCUT2D eigenvalue weighted by Gasteiger charge is 2.49. The minimum Gasteiger partial charge on any atom is -0.309 e. The summed E-state index contributed by atoms with van der Waals surface area (Å²) in [6, 6.07) is 117. The minimum absolute atomic E-state index is 0.100. The number of rotatable bonds is 12. The van der Waals surface area contributed by atoms with E-state index in [0.29, 0.717) is 45.0 Å². The molecule has 0 bridgehead atoms. The molecular weight excluding hydrogens is 1550 g/mol. The monoisotopic (exact) mass is 1650 g/mol. The lowest BCUT2D eigenvalue weighted by Crippen LogP contribution is -2.61. The van der Waals surface area contributed by atoms with Crippen LogP contribution in [-0.4, -0.2) is 20.2 Å². The fraction of sp³-hybridized carbons (Fsp3) is 0.0656. The Labute approximate surface area is 762 Å². The van der Waals surface area contributed by atoms with Crippen molar-refractivity contribution in [3.8, 4) is 100 Å². The zero-order chi connectivity index (χ0) is 95.8. The van der Waals surface area contributed by atoms with Crippen LogP contribution in [0.15, 0.2) is 424 Å². The van der Waals surface area contributed by atoms with E-state index in [0.717, 1.165) is 133 Å². The molecule has 0 amide bonds. The summed E-state index contributed by atoms with van der Waals surface area (Å²) in [6.45, 7) is 12.7. The Morgan fingerprint density at radius 1 is 0.242 bits per heavy atom. The van der Waals surface area contributed by atoms with E-state index in [9.17, 15) is 16.4 Å². The molecule has 4 aromatic heterocycles. The summed E-state index contributed by atoms with van der Waals surface area (Å²) < 4.78 is 133. The predicted molar refractivity (Wildman–Crippen MR) is 545 cm³/mol. The topological polar surface area (TPSA) is 20.8 Å². The summed E-state index contributed by atoms with van der Waals surface area (Å²) in [7, 11) is 0. The molecule has 6 heteroatoms. The summed E-state index contributed by atoms with van der Waals surface area (Å²) >= 11 is 0. The van der Waals surface area contributed by atoms with Gasteiger partial charge < -0.3 is 23.3 Å². The maximum Gasteiger partial charge on any atom is 0.252 e. The molecule has 0 atom stereocenters. The number of para-hydroxylation sites is 2. The van der Waals surface area contributed by atoms with Crippen molar-refractivity contribution in [2.75, 3.05) is 9.80 Å². The molecular formula is C122H88BN5. The molecule has 0 radical (unpaired) electrons. The number of anilines is 6. The van der Waals surface area contributed by atoms with Gasteiger partial charge >= 0.3 is 0 Å². The van der Waals surface area contributed by atoms with E-state index in [1.807, 2.05) is 133 Å². The molecule has 0 N–H and O–H groups in total. The van der Waals surface area contributed by atoms with E-state index >= 15 is 0 Å². The van der Waals surface area contributed by atoms with Gasteiger partial charge in [-0.15, -0.1) is 0 Å². The van der Waals surface area contributed by atoms with Gasteiger partial charge in [0.15, 0.2) is 0 Å². The smallest absolute Gasteiger partial charge is 0.252 e. The molecule has 0 spiro atoms. The molecule has 128 heavy (non-hydrogen) atoms. The van der Waals surface area contributed by atoms with E-state index in [4.69, 9.17) is 0 Å². The molecule has 2 aliphatic rings. The van der Waals surface area contributed by atoms with E-state index in [-0.39, 0.29) is 138 Å². The molecule has 0 saturated heterocycles. The molecule has 19 aromatic carbocycles. The van der Waals surface area contributed by atoms with Crippen LogP contribution in [0.4, 0.5) is 34.1 Å². The van der Waals surface area contributed by atoms with E-state index in [1.54, 1.807) is 9.13 Å². The average Bonchev–Trinajstić information content (AvgIpc) is 1.37. The SMILES string of the molecule is [2H]c1c(-c2ccccc2)c([2H])c2c3c([2H])c(-c4ccccc4)c([2H])c([2H])c3n(-c3ccc4c(c3)N(c3c(-c5ccccc5)cc(C(C)(C)C)cc3-c3ccccc3)c3c5c(c6c7ccccc7n7c8ccccc8c3c67)N(c3c(-c6ccccc6)cc(C(C)(C)C)cc3-c3ccccc3)c3cc(-n6c7c([2H])c([2H])c(-c8ccccc8)c([2H])c7c7c([2H])c(-c8ccccc8)c([2H])c([2H])c76)ccc3B45)c2c1[2H]. The van der Waals surface area contributed by atoms with Gasteiger partial charge in [0, 0.05) is 88.1 Å². The second-order valence-corrected chi connectivity index (χ2v) is 36.0. The number of aromatic nitrogens is 3. The quantitative estimate of drug-likeness (QED) is 0.114. The highest BCUT2D eigenvalue weighted by molar-refractivity contribution is 7.01. The van der Waals surface area contributed by atoms with Crippen molar-refractivity contribution in [3.63, 3.8) is 0 Å². The second kappa shape index (κ2) is 28.9. The second-order valence-electron chi connectivity index (χ2n) is 36.0. The van der Waals surface area contributed by atoms with Crippen molar-refractivity contribution in [2.45, 2.75) is 52.4 Å². The lowest BCUT2D eigenvalue weighted by Gasteiger charge is -2.46. The molecule has 25 rings (SSSR count). The largest absolute Gasteiger partial charge is 0.309 e. The highest BCUT2D eigenvalue weighted by Crippen LogP contribution is 2.60. The third-order valence-electron chi connectivity index (χ3n) is 26.4. The zero-order valence-corrected chi connectivity index (χ0v) is 71.3. The van der Waals surface area contributed by atoms with Crippen LogP contribution in [0.2, 0.25) is 0 Å². The molecule has 6 heterocycles. The zero-order valence-electron chi connectivity index (χ0n) is 83.3. The first-order valence-corrected chi connectivity index (χ1v) is 43.9. The first-order valence-electron chi connectivity index (χ1n) is 49.9. The Balaban J connectivity index is 0.920. The van der Waals surface area contributed by atoms with Crippen molar-refractivity contribution in [1.29, 1.82) is 0 Å². The first-order chi connectivity index (χ1) is 67.9. The van der Waals surface area contributed by atoms with Crippen LogP contribution in [0.25, 0.3) is 182 Å². The lowest BCUT2D eigenvalue weighted by molar-refractivity contribution is 0.590. The van der Waals surface area contributed by atoms with Gasteiger partial charge in [-0.25, -0.2) is 0 Å². The molecule has 2 aliphatic heterocycles. The molecule has 0 unspecified atom stereocenters. The van der Waals surface area contributed by atoms with Crippen molar-refractivity contribution in [2.24, 2.45) is 0 Å². The van der Waals surface area contributed by atoms with Gasteiger partial charge in [0.1, 0.15) is 0 Å². The van der Waals surface area contributed by atoms with Crippen LogP contribution in [0, 0.1) is 0 Å². The molecule has 5 nitrogen and oxygen atoms in total. The van der Waals surface area contributed by atoms with Crippen molar-refractivity contribution >= 4 is 139 Å². The van der Waals surface area contributed by atoms with Crippen LogP contribution in [0.5, 0.6) is 0 Å². The fourth-order valence-electron chi connectivity index (χ4n) is 20.4. The lowest BCUT2D eigenvalue weighted by atomic mass is 9.33. The predicted octanol–water partition coefficient (Wildman–Crippen LogP) is 31.0. The average molecular weight is 1650 g/mol. The van der Waals surface area contributed by atoms with Gasteiger partial charge in [-0.3, -0.25) is 0 Å². The molecule has 0 aliphatic carbocycles. The number of fused-ring (bicyclic) bond motifs is 18. The Kier molecular flexibility index (Phi) is 14.3. The van der Waals surface area contributed by atoms with Crippen molar-refractivity contribution in [3.05, 3.63) is 435 Å². The third-order valence-corrected chi connectivity index (χ3v) is 26.4. The van der Waals surface area contributed by atoms with Gasteiger partial charge in [-0.2, -0.15) is 0 Å². The third kappa shape index (κ3) is 11.6.